The summed E-state index contributed by atoms with van der Waals surface area (Å²) in [5, 5.41) is 2.74. The highest BCUT2D eigenvalue weighted by atomic mass is 16.6. The van der Waals surface area contributed by atoms with E-state index in [0.717, 1.165) is 25.7 Å². The largest absolute Gasteiger partial charge is 0.436 e. The van der Waals surface area contributed by atoms with Crippen LogP contribution in [0.25, 0.3) is 0 Å². The maximum atomic E-state index is 12.8. The Bertz CT molecular complexity index is 542. The molecule has 1 aliphatic carbocycles. The predicted molar refractivity (Wildman–Crippen MR) is 96.2 cm³/mol. The topological polar surface area (TPSA) is 94.2 Å². The zero-order valence-electron chi connectivity index (χ0n) is 16.0. The number of hydrogen-bond donors (Lipinski definition) is 1. The highest BCUT2D eigenvalue weighted by Gasteiger charge is 2.37. The Morgan fingerprint density at radius 3 is 2.56 bits per heavy atom. The van der Waals surface area contributed by atoms with Crippen molar-refractivity contribution in [2.45, 2.75) is 63.7 Å². The molecule has 2 aliphatic heterocycles. The van der Waals surface area contributed by atoms with Crippen LogP contribution in [-0.2, 0) is 23.8 Å². The third kappa shape index (κ3) is 5.42. The third-order valence-corrected chi connectivity index (χ3v) is 5.68. The van der Waals surface area contributed by atoms with Crippen LogP contribution in [0.5, 0.6) is 0 Å². The Kier molecular flexibility index (Phi) is 7.07. The van der Waals surface area contributed by atoms with Gasteiger partial charge in [-0.25, -0.2) is 4.79 Å². The summed E-state index contributed by atoms with van der Waals surface area (Å²) in [5.74, 6) is -0.190. The molecule has 0 aromatic rings. The lowest BCUT2D eigenvalue weighted by molar-refractivity contribution is -0.134. The van der Waals surface area contributed by atoms with Crippen molar-refractivity contribution in [2.75, 3.05) is 32.9 Å². The molecule has 1 N–H and O–H groups in total. The van der Waals surface area contributed by atoms with Crippen LogP contribution in [0.2, 0.25) is 0 Å². The Morgan fingerprint density at radius 1 is 1.22 bits per heavy atom. The number of carbonyl (C=O) groups excluding carboxylic acids is 3. The molecule has 1 saturated carbocycles. The molecule has 152 valence electrons. The number of rotatable bonds is 5. The van der Waals surface area contributed by atoms with Gasteiger partial charge >= 0.3 is 6.09 Å². The summed E-state index contributed by atoms with van der Waals surface area (Å²) in [6, 6.07) is -0.673. The molecule has 0 spiro atoms. The first-order valence-corrected chi connectivity index (χ1v) is 10.0. The molecule has 1 unspecified atom stereocenters. The van der Waals surface area contributed by atoms with Crippen molar-refractivity contribution >= 4 is 17.8 Å². The highest BCUT2D eigenvalue weighted by Crippen LogP contribution is 2.28. The molecule has 3 atom stereocenters. The number of Topliss-reactive ketones (excluding diaryl/α,β-unsaturated/α-hetero) is 1. The predicted octanol–water partition coefficient (Wildman–Crippen LogP) is 1.27. The van der Waals surface area contributed by atoms with E-state index in [2.05, 4.69) is 5.32 Å². The Hall–Kier alpha value is -1.67. The molecule has 2 heterocycles. The average Bonchev–Trinajstić information content (AvgIpc) is 3.01. The van der Waals surface area contributed by atoms with Gasteiger partial charge in [0.15, 0.2) is 11.9 Å². The van der Waals surface area contributed by atoms with Crippen molar-refractivity contribution in [3.05, 3.63) is 0 Å². The fraction of sp³-hybridized carbons (Fsp3) is 0.842. The molecule has 2 saturated heterocycles. The van der Waals surface area contributed by atoms with E-state index in [1.54, 1.807) is 11.8 Å². The summed E-state index contributed by atoms with van der Waals surface area (Å²) in [6.07, 6.45) is 4.34. The number of carbonyl (C=O) groups is 3. The fourth-order valence-electron chi connectivity index (χ4n) is 3.98. The number of nitrogens with zero attached hydrogens (tertiary/aromatic N) is 1. The van der Waals surface area contributed by atoms with Gasteiger partial charge in [-0.1, -0.05) is 32.1 Å². The van der Waals surface area contributed by atoms with Crippen molar-refractivity contribution in [1.82, 2.24) is 10.2 Å². The van der Waals surface area contributed by atoms with E-state index < -0.39 is 24.1 Å². The van der Waals surface area contributed by atoms with Gasteiger partial charge in [-0.3, -0.25) is 9.59 Å². The van der Waals surface area contributed by atoms with Gasteiger partial charge in [0.05, 0.1) is 19.3 Å². The Labute approximate surface area is 159 Å². The van der Waals surface area contributed by atoms with E-state index in [-0.39, 0.29) is 18.5 Å². The average molecular weight is 382 g/mol. The zero-order valence-corrected chi connectivity index (χ0v) is 16.0. The fourth-order valence-corrected chi connectivity index (χ4v) is 3.98. The molecular weight excluding hydrogens is 352 g/mol. The summed E-state index contributed by atoms with van der Waals surface area (Å²) >= 11 is 0. The van der Waals surface area contributed by atoms with Crippen molar-refractivity contribution in [2.24, 2.45) is 5.92 Å². The second kappa shape index (κ2) is 9.50. The van der Waals surface area contributed by atoms with Crippen LogP contribution in [0.4, 0.5) is 4.79 Å². The molecule has 8 nitrogen and oxygen atoms in total. The van der Waals surface area contributed by atoms with Crippen LogP contribution in [0, 0.1) is 5.92 Å². The first kappa shape index (κ1) is 20.1. The summed E-state index contributed by atoms with van der Waals surface area (Å²) in [7, 11) is 0. The minimum atomic E-state index is -0.885. The van der Waals surface area contributed by atoms with Crippen LogP contribution in [0.1, 0.15) is 45.4 Å². The first-order chi connectivity index (χ1) is 13.0. The molecule has 3 aliphatic rings. The lowest BCUT2D eigenvalue weighted by Gasteiger charge is -2.30. The molecule has 0 aromatic heterocycles. The van der Waals surface area contributed by atoms with E-state index in [9.17, 15) is 14.4 Å². The normalized spacial score (nSPS) is 28.0. The van der Waals surface area contributed by atoms with Crippen LogP contribution in [-0.4, -0.2) is 73.8 Å². The Morgan fingerprint density at radius 2 is 1.93 bits per heavy atom. The lowest BCUT2D eigenvalue weighted by atomic mass is 9.85. The zero-order chi connectivity index (χ0) is 19.2. The highest BCUT2D eigenvalue weighted by molar-refractivity contribution is 5.93. The maximum absolute atomic E-state index is 12.8. The second-order valence-corrected chi connectivity index (χ2v) is 7.68. The molecule has 0 bridgehead atoms. The van der Waals surface area contributed by atoms with Crippen molar-refractivity contribution < 1.29 is 28.6 Å². The van der Waals surface area contributed by atoms with Gasteiger partial charge in [-0.05, 0) is 19.3 Å². The van der Waals surface area contributed by atoms with E-state index in [1.165, 1.54) is 6.42 Å². The summed E-state index contributed by atoms with van der Waals surface area (Å²) in [4.78, 5) is 38.8. The van der Waals surface area contributed by atoms with E-state index in [4.69, 9.17) is 14.2 Å². The molecule has 0 radical (unpaired) electrons. The SMILES string of the molecule is C[C@H]1OCC(=O)[C@@H]1NC(=O)C(CC1CCCCC1)OC(=O)N1CCOCC1. The number of morpholine rings is 1. The third-order valence-electron chi connectivity index (χ3n) is 5.68. The number of ether oxygens (including phenoxy) is 3. The summed E-state index contributed by atoms with van der Waals surface area (Å²) < 4.78 is 16.1. The molecule has 2 amide bonds. The van der Waals surface area contributed by atoms with Gasteiger partial charge < -0.3 is 24.4 Å². The van der Waals surface area contributed by atoms with E-state index in [0.29, 0.717) is 38.6 Å². The van der Waals surface area contributed by atoms with E-state index >= 15 is 0 Å². The van der Waals surface area contributed by atoms with Crippen LogP contribution in [0.3, 0.4) is 0 Å². The number of nitrogens with one attached hydrogen (secondary N) is 1. The standard InChI is InChI=1S/C19H30N2O6/c1-13-17(15(22)12-26-13)20-18(23)16(11-14-5-3-2-4-6-14)27-19(24)21-7-9-25-10-8-21/h13-14,16-17H,2-12H2,1H3,(H,20,23)/t13-,16?,17-/m1/s1. The van der Waals surface area contributed by atoms with Gasteiger partial charge in [0, 0.05) is 13.1 Å². The molecule has 3 fully saturated rings. The van der Waals surface area contributed by atoms with Gasteiger partial charge in [0.25, 0.3) is 5.91 Å². The van der Waals surface area contributed by atoms with Gasteiger partial charge in [0.1, 0.15) is 12.6 Å². The van der Waals surface area contributed by atoms with Crippen molar-refractivity contribution in [3.8, 4) is 0 Å². The number of amides is 2. The quantitative estimate of drug-likeness (QED) is 0.769. The smallest absolute Gasteiger partial charge is 0.410 e. The minimum absolute atomic E-state index is 0.00692. The van der Waals surface area contributed by atoms with Crippen molar-refractivity contribution in [3.63, 3.8) is 0 Å². The molecule has 3 rings (SSSR count). The molecule has 8 heteroatoms. The Balaban J connectivity index is 1.63. The van der Waals surface area contributed by atoms with Crippen LogP contribution < -0.4 is 5.32 Å². The monoisotopic (exact) mass is 382 g/mol. The minimum Gasteiger partial charge on any atom is -0.436 e. The van der Waals surface area contributed by atoms with E-state index in [1.807, 2.05) is 0 Å². The van der Waals surface area contributed by atoms with Crippen LogP contribution in [0.15, 0.2) is 0 Å². The van der Waals surface area contributed by atoms with Crippen LogP contribution >= 0.6 is 0 Å². The number of hydrogen-bond acceptors (Lipinski definition) is 6. The summed E-state index contributed by atoms with van der Waals surface area (Å²) in [6.45, 7) is 3.63. The maximum Gasteiger partial charge on any atom is 0.410 e. The lowest BCUT2D eigenvalue weighted by Crippen LogP contribution is -2.51. The van der Waals surface area contributed by atoms with Gasteiger partial charge in [0.2, 0.25) is 0 Å². The first-order valence-electron chi connectivity index (χ1n) is 10.0. The molecule has 27 heavy (non-hydrogen) atoms. The molecular formula is C19H30N2O6. The summed E-state index contributed by atoms with van der Waals surface area (Å²) in [5.41, 5.74) is 0. The van der Waals surface area contributed by atoms with Gasteiger partial charge in [-0.2, -0.15) is 0 Å². The second-order valence-electron chi connectivity index (χ2n) is 7.68. The van der Waals surface area contributed by atoms with Gasteiger partial charge in [-0.15, -0.1) is 0 Å². The van der Waals surface area contributed by atoms with Crippen molar-refractivity contribution in [1.29, 1.82) is 0 Å². The molecule has 0 aromatic carbocycles. The number of ketones is 1.